The van der Waals surface area contributed by atoms with Crippen molar-refractivity contribution in [3.05, 3.63) is 60.2 Å². The zero-order valence-corrected chi connectivity index (χ0v) is 14.3. The van der Waals surface area contributed by atoms with Crippen molar-refractivity contribution < 1.29 is 19.4 Å². The molecule has 0 aliphatic heterocycles. The summed E-state index contributed by atoms with van der Waals surface area (Å²) >= 11 is 0. The SMILES string of the molecule is CC(CN(C)C(=O)NCc1ccccc1Oc1ccccc1)C(=O)O. The lowest BCUT2D eigenvalue weighted by Gasteiger charge is -2.20. The molecule has 0 aliphatic rings. The van der Waals surface area contributed by atoms with E-state index in [9.17, 15) is 9.59 Å². The van der Waals surface area contributed by atoms with E-state index in [0.717, 1.165) is 5.56 Å². The smallest absolute Gasteiger partial charge is 0.317 e. The van der Waals surface area contributed by atoms with Gasteiger partial charge in [0.25, 0.3) is 0 Å². The molecule has 2 N–H and O–H groups in total. The number of nitrogens with zero attached hydrogens (tertiary/aromatic N) is 1. The van der Waals surface area contributed by atoms with Crippen molar-refractivity contribution in [3.8, 4) is 11.5 Å². The summed E-state index contributed by atoms with van der Waals surface area (Å²) in [6, 6.07) is 16.5. The first-order valence-corrected chi connectivity index (χ1v) is 8.00. The molecule has 0 spiro atoms. The summed E-state index contributed by atoms with van der Waals surface area (Å²) in [5.41, 5.74) is 0.833. The molecule has 6 heteroatoms. The second-order valence-electron chi connectivity index (χ2n) is 5.80. The highest BCUT2D eigenvalue weighted by atomic mass is 16.5. The molecule has 2 aromatic carbocycles. The molecule has 0 bridgehead atoms. The first kappa shape index (κ1) is 18.3. The van der Waals surface area contributed by atoms with Crippen LogP contribution < -0.4 is 10.1 Å². The molecule has 6 nitrogen and oxygen atoms in total. The minimum Gasteiger partial charge on any atom is -0.481 e. The first-order chi connectivity index (χ1) is 12.0. The lowest BCUT2D eigenvalue weighted by Crippen LogP contribution is -2.40. The van der Waals surface area contributed by atoms with Crippen molar-refractivity contribution in [2.45, 2.75) is 13.5 Å². The van der Waals surface area contributed by atoms with Gasteiger partial charge in [0.05, 0.1) is 5.92 Å². The number of nitrogens with one attached hydrogen (secondary N) is 1. The maximum Gasteiger partial charge on any atom is 0.317 e. The van der Waals surface area contributed by atoms with E-state index in [2.05, 4.69) is 5.32 Å². The van der Waals surface area contributed by atoms with E-state index in [1.54, 1.807) is 14.0 Å². The molecule has 2 rings (SSSR count). The van der Waals surface area contributed by atoms with E-state index in [0.29, 0.717) is 11.5 Å². The zero-order chi connectivity index (χ0) is 18.2. The Hall–Kier alpha value is -3.02. The Labute approximate surface area is 147 Å². The van der Waals surface area contributed by atoms with E-state index >= 15 is 0 Å². The topological polar surface area (TPSA) is 78.9 Å². The van der Waals surface area contributed by atoms with Crippen LogP contribution >= 0.6 is 0 Å². The number of hydrogen-bond donors (Lipinski definition) is 2. The minimum atomic E-state index is -0.929. The molecule has 25 heavy (non-hydrogen) atoms. The number of aliphatic carboxylic acids is 1. The molecule has 1 unspecified atom stereocenters. The normalized spacial score (nSPS) is 11.4. The third kappa shape index (κ3) is 5.53. The number of rotatable bonds is 7. The molecular weight excluding hydrogens is 320 g/mol. The van der Waals surface area contributed by atoms with Gasteiger partial charge in [0.2, 0.25) is 0 Å². The summed E-state index contributed by atoms with van der Waals surface area (Å²) in [7, 11) is 1.57. The van der Waals surface area contributed by atoms with Gasteiger partial charge in [0.15, 0.2) is 0 Å². The van der Waals surface area contributed by atoms with Gasteiger partial charge in [0.1, 0.15) is 11.5 Å². The van der Waals surface area contributed by atoms with Gasteiger partial charge < -0.3 is 20.1 Å². The lowest BCUT2D eigenvalue weighted by molar-refractivity contribution is -0.141. The predicted octanol–water partition coefficient (Wildman–Crippen LogP) is 3.34. The quantitative estimate of drug-likeness (QED) is 0.809. The highest BCUT2D eigenvalue weighted by Crippen LogP contribution is 2.24. The number of amides is 2. The molecule has 132 valence electrons. The van der Waals surface area contributed by atoms with Gasteiger partial charge >= 0.3 is 12.0 Å². The van der Waals surface area contributed by atoms with Crippen LogP contribution in [0.1, 0.15) is 12.5 Å². The summed E-state index contributed by atoms with van der Waals surface area (Å²) in [4.78, 5) is 24.4. The number of carbonyl (C=O) groups excluding carboxylic acids is 1. The number of benzene rings is 2. The molecule has 0 heterocycles. The number of urea groups is 1. The number of hydrogen-bond acceptors (Lipinski definition) is 3. The maximum atomic E-state index is 12.1. The van der Waals surface area contributed by atoms with Gasteiger partial charge in [0, 0.05) is 25.7 Å². The Morgan fingerprint density at radius 3 is 2.44 bits per heavy atom. The van der Waals surface area contributed by atoms with Crippen LogP contribution in [-0.2, 0) is 11.3 Å². The van der Waals surface area contributed by atoms with Crippen LogP contribution in [0.15, 0.2) is 54.6 Å². The van der Waals surface area contributed by atoms with Crippen molar-refractivity contribution in [1.82, 2.24) is 10.2 Å². The van der Waals surface area contributed by atoms with E-state index in [4.69, 9.17) is 9.84 Å². The maximum absolute atomic E-state index is 12.1. The monoisotopic (exact) mass is 342 g/mol. The molecular formula is C19H22N2O4. The second kappa shape index (κ2) is 8.73. The number of para-hydroxylation sites is 2. The van der Waals surface area contributed by atoms with Crippen LogP contribution in [0.3, 0.4) is 0 Å². The number of carboxylic acid groups (broad SMARTS) is 1. The molecule has 0 aliphatic carbocycles. The Kier molecular flexibility index (Phi) is 6.39. The van der Waals surface area contributed by atoms with Crippen LogP contribution in [0.4, 0.5) is 4.79 Å². The third-order valence-corrected chi connectivity index (χ3v) is 3.69. The van der Waals surface area contributed by atoms with Gasteiger partial charge in [-0.05, 0) is 18.2 Å². The molecule has 2 amide bonds. The summed E-state index contributed by atoms with van der Waals surface area (Å²) in [5.74, 6) is -0.171. The third-order valence-electron chi connectivity index (χ3n) is 3.69. The highest BCUT2D eigenvalue weighted by Gasteiger charge is 2.17. The Balaban J connectivity index is 1.96. The van der Waals surface area contributed by atoms with Crippen molar-refractivity contribution in [2.24, 2.45) is 5.92 Å². The van der Waals surface area contributed by atoms with Gasteiger partial charge in [-0.2, -0.15) is 0 Å². The molecule has 0 saturated heterocycles. The molecule has 0 radical (unpaired) electrons. The van der Waals surface area contributed by atoms with Crippen molar-refractivity contribution in [3.63, 3.8) is 0 Å². The Morgan fingerprint density at radius 1 is 1.12 bits per heavy atom. The van der Waals surface area contributed by atoms with Gasteiger partial charge in [-0.25, -0.2) is 4.79 Å². The molecule has 0 aromatic heterocycles. The number of ether oxygens (including phenoxy) is 1. The fourth-order valence-corrected chi connectivity index (χ4v) is 2.24. The van der Waals surface area contributed by atoms with Crippen molar-refractivity contribution >= 4 is 12.0 Å². The fraction of sp³-hybridized carbons (Fsp3) is 0.263. The van der Waals surface area contributed by atoms with Gasteiger partial charge in [-0.15, -0.1) is 0 Å². The van der Waals surface area contributed by atoms with E-state index in [1.807, 2.05) is 54.6 Å². The molecule has 0 fully saturated rings. The molecule has 0 saturated carbocycles. The fourth-order valence-electron chi connectivity index (χ4n) is 2.24. The van der Waals surface area contributed by atoms with Crippen LogP contribution in [-0.4, -0.2) is 35.6 Å². The van der Waals surface area contributed by atoms with Crippen LogP contribution in [0, 0.1) is 5.92 Å². The Bertz CT molecular complexity index is 718. The van der Waals surface area contributed by atoms with E-state index < -0.39 is 11.9 Å². The van der Waals surface area contributed by atoms with Crippen molar-refractivity contribution in [2.75, 3.05) is 13.6 Å². The van der Waals surface area contributed by atoms with Gasteiger partial charge in [-0.1, -0.05) is 43.3 Å². The Morgan fingerprint density at radius 2 is 1.76 bits per heavy atom. The highest BCUT2D eigenvalue weighted by molar-refractivity contribution is 5.75. The average Bonchev–Trinajstić information content (AvgIpc) is 2.61. The first-order valence-electron chi connectivity index (χ1n) is 8.00. The number of carbonyl (C=O) groups is 2. The molecule has 1 atom stereocenters. The van der Waals surface area contributed by atoms with Crippen molar-refractivity contribution in [1.29, 1.82) is 0 Å². The van der Waals surface area contributed by atoms with Gasteiger partial charge in [-0.3, -0.25) is 4.79 Å². The largest absolute Gasteiger partial charge is 0.481 e. The summed E-state index contributed by atoms with van der Waals surface area (Å²) in [5, 5.41) is 11.7. The summed E-state index contributed by atoms with van der Waals surface area (Å²) in [6.45, 7) is 1.99. The predicted molar refractivity (Wildman–Crippen MR) is 94.6 cm³/mol. The lowest BCUT2D eigenvalue weighted by atomic mass is 10.2. The second-order valence-corrected chi connectivity index (χ2v) is 5.80. The van der Waals surface area contributed by atoms with E-state index in [-0.39, 0.29) is 19.1 Å². The van der Waals surface area contributed by atoms with E-state index in [1.165, 1.54) is 4.90 Å². The minimum absolute atomic E-state index is 0.142. The van der Waals surface area contributed by atoms with Crippen LogP contribution in [0.5, 0.6) is 11.5 Å². The standard InChI is InChI=1S/C19H22N2O4/c1-14(18(22)23)13-21(2)19(24)20-12-15-8-6-7-11-17(15)25-16-9-4-3-5-10-16/h3-11,14H,12-13H2,1-2H3,(H,20,24)(H,22,23). The average molecular weight is 342 g/mol. The summed E-state index contributed by atoms with van der Waals surface area (Å²) < 4.78 is 5.86. The van der Waals surface area contributed by atoms with Crippen LogP contribution in [0.25, 0.3) is 0 Å². The zero-order valence-electron chi connectivity index (χ0n) is 14.3. The molecule has 2 aromatic rings. The van der Waals surface area contributed by atoms with Crippen LogP contribution in [0.2, 0.25) is 0 Å². The number of carboxylic acids is 1. The summed E-state index contributed by atoms with van der Waals surface area (Å²) in [6.07, 6.45) is 0.